The number of methoxy groups -OCH3 is 3. The summed E-state index contributed by atoms with van der Waals surface area (Å²) >= 11 is 0. The van der Waals surface area contributed by atoms with Gasteiger partial charge in [-0.2, -0.15) is 0 Å². The Hall–Kier alpha value is -3.67. The number of hydrogen-bond donors (Lipinski definition) is 2. The summed E-state index contributed by atoms with van der Waals surface area (Å²) in [5.74, 6) is -2.61. The smallest absolute Gasteiger partial charge is 0.329 e. The molecule has 0 aromatic heterocycles. The Morgan fingerprint density at radius 2 is 1.41 bits per heavy atom. The van der Waals surface area contributed by atoms with Crippen LogP contribution in [0.1, 0.15) is 79.7 Å². The van der Waals surface area contributed by atoms with Crippen molar-refractivity contribution in [3.63, 3.8) is 0 Å². The van der Waals surface area contributed by atoms with Crippen molar-refractivity contribution >= 4 is 29.6 Å². The molecule has 2 rings (SSSR count). The summed E-state index contributed by atoms with van der Waals surface area (Å²) in [6.07, 6.45) is 0.881. The van der Waals surface area contributed by atoms with Gasteiger partial charge in [0.2, 0.25) is 23.6 Å². The maximum absolute atomic E-state index is 14.4. The third kappa shape index (κ3) is 17.3. The lowest BCUT2D eigenvalue weighted by Gasteiger charge is -2.41. The van der Waals surface area contributed by atoms with E-state index in [2.05, 4.69) is 10.6 Å². The first kappa shape index (κ1) is 55.5. The van der Waals surface area contributed by atoms with Crippen LogP contribution in [0.2, 0.25) is 0 Å². The lowest BCUT2D eigenvalue weighted by atomic mass is 9.89. The molecule has 0 radical (unpaired) electrons. The highest BCUT2D eigenvalue weighted by atomic mass is 16.6. The lowest BCUT2D eigenvalue weighted by Crippen LogP contribution is -2.59. The number of likely N-dealkylation sites (tertiary alicyclic amines) is 1. The lowest BCUT2D eigenvalue weighted by molar-refractivity contribution is -0.151. The molecule has 1 saturated heterocycles. The van der Waals surface area contributed by atoms with E-state index in [1.165, 1.54) is 7.11 Å². The number of nitrogens with one attached hydrogen (secondary N) is 2. The molecule has 4 amide bonds. The standard InChI is InChI=1S/C47H81N5O11/c1-14-33(6)42(51(10)46(56)40(31(2)3)49-45(55)41(32(4)5)50(8)9)38(59-12)30-39(53)52-22-18-21-37(52)43(60-13)34(7)44(54)48-36(29-35-19-16-15-17-20-35)47(57)63-28-27-62-26-25-61-24-23-58-11/h15-17,19-20,31-34,36-38,40-43H,14,18,21-30H2,1-13H3,(H,48,54)(H,49,55)/t33-,34+,36?,37-,38+,40-,41-,42-,43+/m0/s1. The second-order valence-electron chi connectivity index (χ2n) is 17.6. The molecule has 0 bridgehead atoms. The molecule has 9 atom stereocenters. The van der Waals surface area contributed by atoms with Crippen LogP contribution in [0.3, 0.4) is 0 Å². The van der Waals surface area contributed by atoms with Crippen LogP contribution in [0, 0.1) is 23.7 Å². The molecule has 1 heterocycles. The van der Waals surface area contributed by atoms with E-state index in [9.17, 15) is 24.0 Å². The zero-order chi connectivity index (χ0) is 47.2. The van der Waals surface area contributed by atoms with E-state index >= 15 is 0 Å². The summed E-state index contributed by atoms with van der Waals surface area (Å²) in [5, 5.41) is 5.95. The quantitative estimate of drug-likeness (QED) is 0.0851. The number of carbonyl (C=O) groups is 5. The van der Waals surface area contributed by atoms with E-state index in [4.69, 9.17) is 28.4 Å². The number of carbonyl (C=O) groups excluding carboxylic acids is 5. The molecule has 0 aliphatic carbocycles. The maximum atomic E-state index is 14.4. The van der Waals surface area contributed by atoms with Crippen LogP contribution < -0.4 is 10.6 Å². The molecule has 0 saturated carbocycles. The highest BCUT2D eigenvalue weighted by molar-refractivity contribution is 5.90. The molecule has 1 aromatic rings. The molecule has 1 aromatic carbocycles. The van der Waals surface area contributed by atoms with Crippen LogP contribution in [0.15, 0.2) is 30.3 Å². The van der Waals surface area contributed by atoms with E-state index in [0.717, 1.165) is 5.56 Å². The Morgan fingerprint density at radius 1 is 0.794 bits per heavy atom. The minimum Gasteiger partial charge on any atom is -0.462 e. The molecule has 1 fully saturated rings. The summed E-state index contributed by atoms with van der Waals surface area (Å²) in [4.78, 5) is 74.9. The number of benzene rings is 1. The molecule has 2 N–H and O–H groups in total. The highest BCUT2D eigenvalue weighted by Crippen LogP contribution is 2.30. The van der Waals surface area contributed by atoms with Gasteiger partial charge in [0.05, 0.1) is 75.7 Å². The first-order valence-electron chi connectivity index (χ1n) is 22.7. The molecular formula is C47H81N5O11. The van der Waals surface area contributed by atoms with Gasteiger partial charge < -0.3 is 48.9 Å². The minimum absolute atomic E-state index is 0.00212. The first-order valence-corrected chi connectivity index (χ1v) is 22.7. The Bertz CT molecular complexity index is 1510. The van der Waals surface area contributed by atoms with E-state index < -0.39 is 60.2 Å². The summed E-state index contributed by atoms with van der Waals surface area (Å²) in [6.45, 7) is 15.9. The van der Waals surface area contributed by atoms with Crippen molar-refractivity contribution in [3.05, 3.63) is 35.9 Å². The number of hydrogen-bond acceptors (Lipinski definition) is 12. The van der Waals surface area contributed by atoms with E-state index in [-0.39, 0.29) is 61.5 Å². The molecule has 16 heteroatoms. The van der Waals surface area contributed by atoms with Crippen LogP contribution in [0.4, 0.5) is 0 Å². The Morgan fingerprint density at radius 3 is 1.95 bits per heavy atom. The minimum atomic E-state index is -0.980. The van der Waals surface area contributed by atoms with Gasteiger partial charge >= 0.3 is 5.97 Å². The molecular weight excluding hydrogens is 811 g/mol. The number of amides is 4. The topological polar surface area (TPSA) is 175 Å². The summed E-state index contributed by atoms with van der Waals surface area (Å²) in [7, 11) is 10.1. The molecule has 63 heavy (non-hydrogen) atoms. The van der Waals surface area contributed by atoms with Gasteiger partial charge in [-0.05, 0) is 50.3 Å². The van der Waals surface area contributed by atoms with Gasteiger partial charge in [0.15, 0.2) is 0 Å². The van der Waals surface area contributed by atoms with Crippen molar-refractivity contribution in [2.75, 3.05) is 88.7 Å². The predicted octanol–water partition coefficient (Wildman–Crippen LogP) is 3.58. The van der Waals surface area contributed by atoms with Gasteiger partial charge in [-0.15, -0.1) is 0 Å². The van der Waals surface area contributed by atoms with Crippen molar-refractivity contribution in [3.8, 4) is 0 Å². The average Bonchev–Trinajstić information content (AvgIpc) is 3.73. The second-order valence-corrected chi connectivity index (χ2v) is 17.6. The third-order valence-corrected chi connectivity index (χ3v) is 12.1. The van der Waals surface area contributed by atoms with Gasteiger partial charge in [-0.3, -0.25) is 24.1 Å². The fraction of sp³-hybridized carbons (Fsp3) is 0.766. The van der Waals surface area contributed by atoms with Crippen LogP contribution in [-0.4, -0.2) is 175 Å². The predicted molar refractivity (Wildman–Crippen MR) is 242 cm³/mol. The Labute approximate surface area is 377 Å². The normalized spacial score (nSPS) is 18.0. The largest absolute Gasteiger partial charge is 0.462 e. The monoisotopic (exact) mass is 892 g/mol. The Kier molecular flexibility index (Phi) is 25.5. The van der Waals surface area contributed by atoms with Gasteiger partial charge in [-0.1, -0.05) is 85.2 Å². The fourth-order valence-electron chi connectivity index (χ4n) is 8.52. The molecule has 1 unspecified atom stereocenters. The molecule has 1 aliphatic rings. The summed E-state index contributed by atoms with van der Waals surface area (Å²) in [5.41, 5.74) is 0.844. The van der Waals surface area contributed by atoms with Crippen LogP contribution in [0.25, 0.3) is 0 Å². The highest BCUT2D eigenvalue weighted by Gasteiger charge is 2.43. The van der Waals surface area contributed by atoms with Crippen LogP contribution in [-0.2, 0) is 58.8 Å². The second kappa shape index (κ2) is 29.0. The number of rotatable bonds is 30. The number of esters is 1. The molecule has 0 spiro atoms. The fourth-order valence-corrected chi connectivity index (χ4v) is 8.52. The molecule has 16 nitrogen and oxygen atoms in total. The van der Waals surface area contributed by atoms with Gasteiger partial charge in [0, 0.05) is 41.3 Å². The number of likely N-dealkylation sites (N-methyl/N-ethyl adjacent to an activating group) is 2. The van der Waals surface area contributed by atoms with Crippen molar-refractivity contribution in [2.24, 2.45) is 23.7 Å². The zero-order valence-electron chi connectivity index (χ0n) is 40.6. The first-order chi connectivity index (χ1) is 29.9. The summed E-state index contributed by atoms with van der Waals surface area (Å²) in [6, 6.07) is 6.27. The third-order valence-electron chi connectivity index (χ3n) is 12.1. The van der Waals surface area contributed by atoms with Crippen LogP contribution >= 0.6 is 0 Å². The van der Waals surface area contributed by atoms with Gasteiger partial charge in [0.1, 0.15) is 18.7 Å². The van der Waals surface area contributed by atoms with Crippen molar-refractivity contribution in [1.29, 1.82) is 0 Å². The number of nitrogens with zero attached hydrogens (tertiary/aromatic N) is 3. The molecule has 1 aliphatic heterocycles. The van der Waals surface area contributed by atoms with E-state index in [1.807, 2.05) is 90.9 Å². The van der Waals surface area contributed by atoms with E-state index in [0.29, 0.717) is 52.2 Å². The van der Waals surface area contributed by atoms with Crippen LogP contribution in [0.5, 0.6) is 0 Å². The Balaban J connectivity index is 2.23. The van der Waals surface area contributed by atoms with Gasteiger partial charge in [-0.25, -0.2) is 4.79 Å². The maximum Gasteiger partial charge on any atom is 0.329 e. The SMILES string of the molecule is CC[C@H](C)[C@@H]([C@@H](CC(=O)N1CCC[C@H]1[C@H](OC)[C@@H](C)C(=O)NC(Cc1ccccc1)C(=O)OCCOCCOCCOC)OC)N(C)C(=O)[C@@H](NC(=O)[C@H](C(C)C)N(C)C)C(C)C. The number of ether oxygens (including phenoxy) is 6. The van der Waals surface area contributed by atoms with Crippen molar-refractivity contribution in [2.45, 2.75) is 123 Å². The van der Waals surface area contributed by atoms with Crippen molar-refractivity contribution < 1.29 is 52.4 Å². The zero-order valence-corrected chi connectivity index (χ0v) is 40.6. The average molecular weight is 892 g/mol. The van der Waals surface area contributed by atoms with E-state index in [1.54, 1.807) is 38.0 Å². The van der Waals surface area contributed by atoms with Crippen molar-refractivity contribution in [1.82, 2.24) is 25.3 Å². The summed E-state index contributed by atoms with van der Waals surface area (Å²) < 4.78 is 33.5. The molecule has 360 valence electrons. The van der Waals surface area contributed by atoms with Gasteiger partial charge in [0.25, 0.3) is 0 Å².